The van der Waals surface area contributed by atoms with Crippen LogP contribution in [0.25, 0.3) is 0 Å². The van der Waals surface area contributed by atoms with E-state index in [1.807, 2.05) is 6.92 Å². The van der Waals surface area contributed by atoms with Gasteiger partial charge < -0.3 is 0 Å². The smallest absolute Gasteiger partial charge is 0.263 e. The van der Waals surface area contributed by atoms with Crippen LogP contribution in [0, 0.1) is 6.92 Å². The molecule has 0 aliphatic carbocycles. The van der Waals surface area contributed by atoms with Crippen molar-refractivity contribution in [1.82, 2.24) is 4.31 Å². The Labute approximate surface area is 125 Å². The van der Waals surface area contributed by atoms with Crippen molar-refractivity contribution in [1.29, 1.82) is 0 Å². The van der Waals surface area contributed by atoms with E-state index in [9.17, 15) is 16.8 Å². The molecule has 0 N–H and O–H groups in total. The van der Waals surface area contributed by atoms with E-state index in [4.69, 9.17) is 4.18 Å². The summed E-state index contributed by atoms with van der Waals surface area (Å²) in [6.07, 6.45) is 1.42. The molecule has 0 saturated carbocycles. The van der Waals surface area contributed by atoms with Gasteiger partial charge in [-0.15, -0.1) is 0 Å². The molecule has 1 aliphatic rings. The first-order chi connectivity index (χ1) is 9.68. The number of sulfonamides is 1. The van der Waals surface area contributed by atoms with E-state index in [0.717, 1.165) is 11.8 Å². The van der Waals surface area contributed by atoms with Crippen LogP contribution in [0.1, 0.15) is 18.4 Å². The predicted molar refractivity (Wildman–Crippen MR) is 78.9 cm³/mol. The molecule has 1 aromatic carbocycles. The van der Waals surface area contributed by atoms with Crippen molar-refractivity contribution in [2.75, 3.05) is 19.3 Å². The van der Waals surface area contributed by atoms with E-state index in [-0.39, 0.29) is 18.0 Å². The molecule has 0 unspecified atom stereocenters. The molecule has 0 amide bonds. The average molecular weight is 333 g/mol. The summed E-state index contributed by atoms with van der Waals surface area (Å²) >= 11 is 0. The van der Waals surface area contributed by atoms with Crippen molar-refractivity contribution >= 4 is 20.1 Å². The van der Waals surface area contributed by atoms with Crippen LogP contribution in [-0.2, 0) is 24.3 Å². The topological polar surface area (TPSA) is 80.8 Å². The molecule has 1 aromatic rings. The van der Waals surface area contributed by atoms with Crippen molar-refractivity contribution in [3.05, 3.63) is 29.8 Å². The summed E-state index contributed by atoms with van der Waals surface area (Å²) in [7, 11) is -7.02. The van der Waals surface area contributed by atoms with Gasteiger partial charge in [0.25, 0.3) is 10.1 Å². The van der Waals surface area contributed by atoms with E-state index in [0.29, 0.717) is 12.8 Å². The number of hydrogen-bond acceptors (Lipinski definition) is 5. The van der Waals surface area contributed by atoms with Crippen molar-refractivity contribution in [3.63, 3.8) is 0 Å². The lowest BCUT2D eigenvalue weighted by atomic mass is 10.1. The highest BCUT2D eigenvalue weighted by atomic mass is 32.2. The quantitative estimate of drug-likeness (QED) is 0.772. The van der Waals surface area contributed by atoms with Gasteiger partial charge in [0.1, 0.15) is 0 Å². The first-order valence-electron chi connectivity index (χ1n) is 6.63. The fraction of sp³-hybridized carbons (Fsp3) is 0.538. The summed E-state index contributed by atoms with van der Waals surface area (Å²) in [6.45, 7) is 2.44. The van der Waals surface area contributed by atoms with E-state index in [2.05, 4.69) is 0 Å². The highest BCUT2D eigenvalue weighted by Gasteiger charge is 2.29. The van der Waals surface area contributed by atoms with Gasteiger partial charge in [0.2, 0.25) is 10.0 Å². The Kier molecular flexibility index (Phi) is 4.72. The van der Waals surface area contributed by atoms with Gasteiger partial charge in [-0.1, -0.05) is 17.7 Å². The van der Waals surface area contributed by atoms with Gasteiger partial charge in [0, 0.05) is 13.1 Å². The largest absolute Gasteiger partial charge is 0.297 e. The molecule has 1 fully saturated rings. The van der Waals surface area contributed by atoms with Crippen molar-refractivity contribution < 1.29 is 21.0 Å². The molecule has 1 heterocycles. The number of hydrogen-bond donors (Lipinski definition) is 0. The SMILES string of the molecule is Cc1ccc(S(=O)(=O)OC2CCN(S(C)(=O)=O)CC2)cc1. The van der Waals surface area contributed by atoms with Gasteiger partial charge in [-0.05, 0) is 31.9 Å². The van der Waals surface area contributed by atoms with Crippen LogP contribution in [0.2, 0.25) is 0 Å². The molecule has 21 heavy (non-hydrogen) atoms. The molecular formula is C13H19NO5S2. The van der Waals surface area contributed by atoms with Gasteiger partial charge in [-0.3, -0.25) is 4.18 Å². The lowest BCUT2D eigenvalue weighted by Gasteiger charge is -2.29. The molecule has 0 bridgehead atoms. The molecule has 1 saturated heterocycles. The first kappa shape index (κ1) is 16.4. The summed E-state index contributed by atoms with van der Waals surface area (Å²) < 4.78 is 53.6. The second-order valence-electron chi connectivity index (χ2n) is 5.22. The molecule has 8 heteroatoms. The Hall–Kier alpha value is -0.960. The predicted octanol–water partition coefficient (Wildman–Crippen LogP) is 1.12. The van der Waals surface area contributed by atoms with E-state index >= 15 is 0 Å². The van der Waals surface area contributed by atoms with Gasteiger partial charge in [0.15, 0.2) is 0 Å². The zero-order chi connectivity index (χ0) is 15.7. The first-order valence-corrected chi connectivity index (χ1v) is 9.89. The second-order valence-corrected chi connectivity index (χ2v) is 8.78. The third-order valence-electron chi connectivity index (χ3n) is 3.44. The molecule has 1 aliphatic heterocycles. The molecule has 0 aromatic heterocycles. The minimum absolute atomic E-state index is 0.124. The highest BCUT2D eigenvalue weighted by Crippen LogP contribution is 2.21. The standard InChI is InChI=1S/C13H19NO5S2/c1-11-3-5-13(6-4-11)21(17,18)19-12-7-9-14(10-8-12)20(2,15)16/h3-6,12H,7-10H2,1-2H3. The maximum Gasteiger partial charge on any atom is 0.297 e. The minimum atomic E-state index is -3.80. The molecule has 0 atom stereocenters. The van der Waals surface area contributed by atoms with Crippen LogP contribution in [-0.4, -0.2) is 46.6 Å². The van der Waals surface area contributed by atoms with E-state index in [1.54, 1.807) is 12.1 Å². The Morgan fingerprint density at radius 3 is 2.05 bits per heavy atom. The molecule has 118 valence electrons. The normalized spacial score (nSPS) is 18.8. The van der Waals surface area contributed by atoms with E-state index in [1.165, 1.54) is 16.4 Å². The fourth-order valence-corrected chi connectivity index (χ4v) is 4.21. The Balaban J connectivity index is 2.01. The molecule has 0 spiro atoms. The van der Waals surface area contributed by atoms with Crippen molar-refractivity contribution in [3.8, 4) is 0 Å². The van der Waals surface area contributed by atoms with Crippen LogP contribution < -0.4 is 0 Å². The van der Waals surface area contributed by atoms with Gasteiger partial charge in [-0.25, -0.2) is 12.7 Å². The second kappa shape index (κ2) is 6.04. The molecule has 0 radical (unpaired) electrons. The van der Waals surface area contributed by atoms with Crippen molar-refractivity contribution in [2.45, 2.75) is 30.8 Å². The average Bonchev–Trinajstić information content (AvgIpc) is 2.38. The Morgan fingerprint density at radius 2 is 1.57 bits per heavy atom. The van der Waals surface area contributed by atoms with Crippen LogP contribution in [0.4, 0.5) is 0 Å². The molecule has 2 rings (SSSR count). The molecular weight excluding hydrogens is 314 g/mol. The lowest BCUT2D eigenvalue weighted by Crippen LogP contribution is -2.40. The maximum atomic E-state index is 12.1. The van der Waals surface area contributed by atoms with Gasteiger partial charge in [0.05, 0.1) is 17.3 Å². The van der Waals surface area contributed by atoms with Crippen LogP contribution in [0.3, 0.4) is 0 Å². The summed E-state index contributed by atoms with van der Waals surface area (Å²) in [4.78, 5) is 0.124. The maximum absolute atomic E-state index is 12.1. The van der Waals surface area contributed by atoms with Crippen molar-refractivity contribution in [2.24, 2.45) is 0 Å². The number of rotatable bonds is 4. The summed E-state index contributed by atoms with van der Waals surface area (Å²) in [5, 5.41) is 0. The van der Waals surface area contributed by atoms with Gasteiger partial charge in [-0.2, -0.15) is 8.42 Å². The summed E-state index contributed by atoms with van der Waals surface area (Å²) in [6, 6.07) is 6.44. The van der Waals surface area contributed by atoms with Crippen LogP contribution in [0.5, 0.6) is 0 Å². The Bertz CT molecular complexity index is 687. The summed E-state index contributed by atoms with van der Waals surface area (Å²) in [5.41, 5.74) is 0.968. The lowest BCUT2D eigenvalue weighted by molar-refractivity contribution is 0.142. The summed E-state index contributed by atoms with van der Waals surface area (Å²) in [5.74, 6) is 0. The third kappa shape index (κ3) is 4.26. The zero-order valence-corrected chi connectivity index (χ0v) is 13.7. The number of benzene rings is 1. The number of aryl methyl sites for hydroxylation is 1. The minimum Gasteiger partial charge on any atom is -0.263 e. The highest BCUT2D eigenvalue weighted by molar-refractivity contribution is 7.88. The van der Waals surface area contributed by atoms with Gasteiger partial charge >= 0.3 is 0 Å². The van der Waals surface area contributed by atoms with Crippen LogP contribution >= 0.6 is 0 Å². The zero-order valence-electron chi connectivity index (χ0n) is 12.0. The third-order valence-corrected chi connectivity index (χ3v) is 6.12. The monoisotopic (exact) mass is 333 g/mol. The Morgan fingerprint density at radius 1 is 1.05 bits per heavy atom. The fourth-order valence-electron chi connectivity index (χ4n) is 2.20. The number of piperidine rings is 1. The van der Waals surface area contributed by atoms with E-state index < -0.39 is 26.2 Å². The van der Waals surface area contributed by atoms with Crippen LogP contribution in [0.15, 0.2) is 29.2 Å². The molecule has 6 nitrogen and oxygen atoms in total. The number of nitrogens with zero attached hydrogens (tertiary/aromatic N) is 1.